The summed E-state index contributed by atoms with van der Waals surface area (Å²) in [6, 6.07) is 24.1. The number of benzene rings is 1. The van der Waals surface area contributed by atoms with Crippen LogP contribution in [0.1, 0.15) is 64.2 Å². The predicted octanol–water partition coefficient (Wildman–Crippen LogP) is 9.11. The number of hydrogen-bond acceptors (Lipinski definition) is 0. The van der Waals surface area contributed by atoms with Gasteiger partial charge in [0.1, 0.15) is 0 Å². The van der Waals surface area contributed by atoms with Crippen molar-refractivity contribution in [2.45, 2.75) is 75.5 Å². The Labute approximate surface area is 202 Å². The molecule has 3 aromatic carbocycles. The molecule has 2 aliphatic carbocycles. The topological polar surface area (TPSA) is 0 Å². The van der Waals surface area contributed by atoms with Crippen LogP contribution in [0.4, 0.5) is 0 Å². The SMILES string of the molecule is [Cl][Zr+2][Cl].c1cc[cH-]c1.c1ccc2[cH-]c(P(C3CCCCC3)C3CCCCC3)cc2c1. The van der Waals surface area contributed by atoms with Crippen LogP contribution in [-0.4, -0.2) is 11.3 Å². The quantitative estimate of drug-likeness (QED) is 0.230. The molecular weight excluding hydrogens is 505 g/mol. The molecule has 0 amide bonds. The van der Waals surface area contributed by atoms with E-state index in [1.54, 1.807) is 5.30 Å². The van der Waals surface area contributed by atoms with Crippen molar-refractivity contribution in [1.29, 1.82) is 0 Å². The Morgan fingerprint density at radius 2 is 1.30 bits per heavy atom. The molecule has 160 valence electrons. The Hall–Kier alpha value is 0.0731. The van der Waals surface area contributed by atoms with Crippen LogP contribution in [0.15, 0.2) is 66.7 Å². The Kier molecular flexibility index (Phi) is 11.8. The van der Waals surface area contributed by atoms with E-state index in [1.807, 2.05) is 30.3 Å². The maximum atomic E-state index is 4.93. The van der Waals surface area contributed by atoms with Gasteiger partial charge in [0.15, 0.2) is 0 Å². The maximum absolute atomic E-state index is 4.93. The molecule has 0 unspecified atom stereocenters. The minimum absolute atomic E-state index is 0.0611. The molecule has 0 atom stereocenters. The van der Waals surface area contributed by atoms with Crippen LogP contribution in [0.3, 0.4) is 0 Å². The summed E-state index contributed by atoms with van der Waals surface area (Å²) in [5.41, 5.74) is 2.03. The Morgan fingerprint density at radius 1 is 0.767 bits per heavy atom. The minimum atomic E-state index is -0.826. The third-order valence-electron chi connectivity index (χ3n) is 6.39. The first-order valence-corrected chi connectivity index (χ1v) is 19.2. The van der Waals surface area contributed by atoms with Gasteiger partial charge in [-0.05, 0) is 37.0 Å². The van der Waals surface area contributed by atoms with E-state index in [2.05, 4.69) is 36.4 Å². The van der Waals surface area contributed by atoms with E-state index in [-0.39, 0.29) is 7.92 Å². The van der Waals surface area contributed by atoms with Gasteiger partial charge in [-0.1, -0.05) is 52.5 Å². The number of hydrogen-bond donors (Lipinski definition) is 0. The van der Waals surface area contributed by atoms with Crippen molar-refractivity contribution in [2.24, 2.45) is 0 Å². The molecule has 0 saturated heterocycles. The van der Waals surface area contributed by atoms with E-state index >= 15 is 0 Å². The Bertz CT molecular complexity index is 733. The summed E-state index contributed by atoms with van der Waals surface area (Å²) in [5, 5.41) is 4.67. The molecule has 0 bridgehead atoms. The predicted molar refractivity (Wildman–Crippen MR) is 134 cm³/mol. The zero-order valence-corrected chi connectivity index (χ0v) is 22.6. The van der Waals surface area contributed by atoms with Gasteiger partial charge in [-0.2, -0.15) is 24.3 Å². The van der Waals surface area contributed by atoms with Gasteiger partial charge in [-0.15, -0.1) is 40.3 Å². The van der Waals surface area contributed by atoms with E-state index in [0.717, 1.165) is 11.3 Å². The van der Waals surface area contributed by atoms with Gasteiger partial charge in [-0.3, -0.25) is 0 Å². The normalized spacial score (nSPS) is 17.6. The van der Waals surface area contributed by atoms with Crippen molar-refractivity contribution in [1.82, 2.24) is 0 Å². The summed E-state index contributed by atoms with van der Waals surface area (Å²) < 4.78 is 0. The molecule has 30 heavy (non-hydrogen) atoms. The van der Waals surface area contributed by atoms with Crippen molar-refractivity contribution in [3.05, 3.63) is 66.7 Å². The van der Waals surface area contributed by atoms with Crippen molar-refractivity contribution in [3.63, 3.8) is 0 Å². The summed E-state index contributed by atoms with van der Waals surface area (Å²) in [4.78, 5) is 0. The van der Waals surface area contributed by atoms with Crippen molar-refractivity contribution < 1.29 is 20.8 Å². The second kappa shape index (κ2) is 14.3. The van der Waals surface area contributed by atoms with Gasteiger partial charge >= 0.3 is 37.9 Å². The molecule has 0 nitrogen and oxygen atoms in total. The van der Waals surface area contributed by atoms with E-state index in [9.17, 15) is 0 Å². The van der Waals surface area contributed by atoms with Crippen LogP contribution < -0.4 is 5.30 Å². The molecule has 0 aromatic heterocycles. The van der Waals surface area contributed by atoms with Crippen molar-refractivity contribution in [3.8, 4) is 0 Å². The molecule has 0 spiro atoms. The van der Waals surface area contributed by atoms with E-state index in [0.29, 0.717) is 0 Å². The summed E-state index contributed by atoms with van der Waals surface area (Å²) in [6.45, 7) is 0. The van der Waals surface area contributed by atoms with Crippen LogP contribution in [0.2, 0.25) is 0 Å². The fourth-order valence-electron chi connectivity index (χ4n) is 5.04. The van der Waals surface area contributed by atoms with Crippen LogP contribution >= 0.6 is 24.9 Å². The van der Waals surface area contributed by atoms with Crippen LogP contribution in [0.25, 0.3) is 10.8 Å². The molecule has 2 aliphatic rings. The number of fused-ring (bicyclic) bond motifs is 1. The van der Waals surface area contributed by atoms with Crippen LogP contribution in [-0.2, 0) is 20.8 Å². The van der Waals surface area contributed by atoms with Crippen LogP contribution in [0.5, 0.6) is 0 Å². The molecule has 0 aliphatic heterocycles. The number of rotatable bonds is 3. The molecule has 0 N–H and O–H groups in total. The first-order chi connectivity index (χ1) is 14.8. The smallest absolute Gasteiger partial charge is 0.0181 e. The third-order valence-corrected chi connectivity index (χ3v) is 9.85. The maximum Gasteiger partial charge on any atom is -0.0181 e. The standard InChI is InChI=1S/C21H28P.C5H5.2ClH.Zr/c1-3-11-19(12-4-1)22(20-13-5-2-6-14-20)21-15-17-9-7-8-10-18(17)16-21;1-2-4-5-3-1;;;/h7-10,15-16,19-20H,1-6,11-14H2;1-5H;2*1H;/q2*-1;;;+4/p-2. The fourth-order valence-corrected chi connectivity index (χ4v) is 8.90. The first kappa shape index (κ1) is 24.7. The van der Waals surface area contributed by atoms with Crippen molar-refractivity contribution >= 4 is 41.0 Å². The average Bonchev–Trinajstić information content (AvgIpc) is 3.49. The average molecular weight is 539 g/mol. The summed E-state index contributed by atoms with van der Waals surface area (Å²) in [6.07, 6.45) is 14.9. The fraction of sp³-hybridized carbons (Fsp3) is 0.462. The molecular formula is C26H33Cl2PZr. The minimum Gasteiger partial charge on any atom is -0.214 e. The van der Waals surface area contributed by atoms with E-state index in [1.165, 1.54) is 75.0 Å². The van der Waals surface area contributed by atoms with E-state index < -0.39 is 20.8 Å². The Balaban J connectivity index is 0.000000272. The van der Waals surface area contributed by atoms with Gasteiger partial charge in [0.25, 0.3) is 0 Å². The van der Waals surface area contributed by atoms with Gasteiger partial charge in [0, 0.05) is 0 Å². The first-order valence-electron chi connectivity index (χ1n) is 11.4. The molecule has 5 rings (SSSR count). The summed E-state index contributed by atoms with van der Waals surface area (Å²) in [7, 11) is 9.93. The third kappa shape index (κ3) is 7.59. The van der Waals surface area contributed by atoms with Crippen LogP contribution in [0, 0.1) is 0 Å². The van der Waals surface area contributed by atoms with Gasteiger partial charge in [0.2, 0.25) is 0 Å². The molecule has 2 fully saturated rings. The zero-order chi connectivity index (χ0) is 21.0. The monoisotopic (exact) mass is 536 g/mol. The molecule has 3 aromatic rings. The zero-order valence-electron chi connectivity index (χ0n) is 17.8. The van der Waals surface area contributed by atoms with Crippen molar-refractivity contribution in [2.75, 3.05) is 0 Å². The van der Waals surface area contributed by atoms with Gasteiger partial charge < -0.3 is 0 Å². The molecule has 2 saturated carbocycles. The summed E-state index contributed by atoms with van der Waals surface area (Å²) >= 11 is -0.826. The van der Waals surface area contributed by atoms with Gasteiger partial charge in [-0.25, -0.2) is 12.1 Å². The molecule has 4 heteroatoms. The number of halogens is 2. The molecule has 0 radical (unpaired) electrons. The van der Waals surface area contributed by atoms with E-state index in [4.69, 9.17) is 17.0 Å². The second-order valence-electron chi connectivity index (χ2n) is 8.37. The summed E-state index contributed by atoms with van der Waals surface area (Å²) in [5.74, 6) is 0. The Morgan fingerprint density at radius 3 is 1.77 bits per heavy atom. The van der Waals surface area contributed by atoms with Gasteiger partial charge in [0.05, 0.1) is 0 Å². The second-order valence-corrected chi connectivity index (χ2v) is 14.9. The molecule has 0 heterocycles. The largest absolute Gasteiger partial charge is 0.214 e.